The van der Waals surface area contributed by atoms with E-state index in [9.17, 15) is 14.9 Å². The largest absolute Gasteiger partial charge is 0.457 e. The maximum Gasteiger partial charge on any atom is 0.359 e. The van der Waals surface area contributed by atoms with E-state index >= 15 is 0 Å². The van der Waals surface area contributed by atoms with Gasteiger partial charge in [-0.1, -0.05) is 54.6 Å². The van der Waals surface area contributed by atoms with Crippen molar-refractivity contribution in [2.45, 2.75) is 39.0 Å². The van der Waals surface area contributed by atoms with Gasteiger partial charge >= 0.3 is 5.97 Å². The molecule has 182 valence electrons. The second-order valence-corrected chi connectivity index (χ2v) is 9.51. The summed E-state index contributed by atoms with van der Waals surface area (Å²) in [6, 6.07) is 24.1. The molecule has 0 fully saturated rings. The van der Waals surface area contributed by atoms with Crippen LogP contribution in [0.25, 0.3) is 0 Å². The highest BCUT2D eigenvalue weighted by molar-refractivity contribution is 6.26. The molecule has 7 nitrogen and oxygen atoms in total. The van der Waals surface area contributed by atoms with Crippen molar-refractivity contribution in [2.75, 3.05) is 11.9 Å². The van der Waals surface area contributed by atoms with Crippen LogP contribution in [0.15, 0.2) is 77.8 Å². The number of hydrogen-bond donors (Lipinski definition) is 1. The van der Waals surface area contributed by atoms with Crippen molar-refractivity contribution in [3.63, 3.8) is 0 Å². The van der Waals surface area contributed by atoms with E-state index in [1.807, 2.05) is 54.6 Å². The number of rotatable bonds is 4. The Bertz CT molecular complexity index is 1400. The van der Waals surface area contributed by atoms with Gasteiger partial charge in [-0.25, -0.2) is 9.79 Å². The number of ether oxygens (including phenoxy) is 1. The number of aliphatic imine (C=N–C) groups is 1. The van der Waals surface area contributed by atoms with Crippen LogP contribution in [0.2, 0.25) is 0 Å². The fourth-order valence-electron chi connectivity index (χ4n) is 4.21. The fourth-order valence-corrected chi connectivity index (χ4v) is 4.21. The predicted molar refractivity (Wildman–Crippen MR) is 139 cm³/mol. The standard InChI is InChI=1S/C29H28N4O3/c1-19-21(18-30)14-11-17-23(19)33-24-16-10-9-15-22(24)25(20-12-7-6-8-13-20)32-29(31-5,26(33)34)27(35)36-28(2,3)4/h6-17,31H,1-5H3. The number of carbonyl (C=O) groups is 2. The van der Waals surface area contributed by atoms with Crippen LogP contribution in [0.4, 0.5) is 11.4 Å². The monoisotopic (exact) mass is 480 g/mol. The van der Waals surface area contributed by atoms with Gasteiger partial charge in [0.1, 0.15) is 5.60 Å². The summed E-state index contributed by atoms with van der Waals surface area (Å²) in [5.74, 6) is -1.45. The highest BCUT2D eigenvalue weighted by Crippen LogP contribution is 2.39. The van der Waals surface area contributed by atoms with Gasteiger partial charge in [0.05, 0.1) is 28.7 Å². The number of likely N-dealkylation sites (N-methyl/N-ethyl adjacent to an activating group) is 1. The van der Waals surface area contributed by atoms with E-state index in [-0.39, 0.29) is 0 Å². The second-order valence-electron chi connectivity index (χ2n) is 9.51. The molecular formula is C29H28N4O3. The SMILES string of the molecule is CNC1(C(=O)OC(C)(C)C)N=C(c2ccccc2)c2ccccc2N(c2cccc(C#N)c2C)C1=O. The zero-order chi connectivity index (χ0) is 26.1. The van der Waals surface area contributed by atoms with E-state index < -0.39 is 23.1 Å². The van der Waals surface area contributed by atoms with Crippen LogP contribution in [0.1, 0.15) is 43.0 Å². The highest BCUT2D eigenvalue weighted by Gasteiger charge is 2.53. The Labute approximate surface area is 211 Å². The Morgan fingerprint density at radius 1 is 1.00 bits per heavy atom. The molecule has 0 saturated carbocycles. The van der Waals surface area contributed by atoms with Gasteiger partial charge in [-0.3, -0.25) is 15.0 Å². The molecule has 1 N–H and O–H groups in total. The average Bonchev–Trinajstić information content (AvgIpc) is 2.97. The number of fused-ring (bicyclic) bond motifs is 1. The number of carbonyl (C=O) groups excluding carboxylic acids is 2. The number of nitrogens with one attached hydrogen (secondary N) is 1. The number of benzene rings is 3. The maximum atomic E-state index is 14.5. The van der Waals surface area contributed by atoms with Gasteiger partial charge in [-0.2, -0.15) is 5.26 Å². The van der Waals surface area contributed by atoms with Crippen molar-refractivity contribution in [3.05, 3.63) is 95.1 Å². The number of para-hydroxylation sites is 1. The minimum Gasteiger partial charge on any atom is -0.457 e. The van der Waals surface area contributed by atoms with E-state index in [0.717, 1.165) is 5.56 Å². The lowest BCUT2D eigenvalue weighted by Gasteiger charge is -2.34. The fraction of sp³-hybridized carbons (Fsp3) is 0.241. The van der Waals surface area contributed by atoms with Crippen molar-refractivity contribution in [1.82, 2.24) is 5.32 Å². The quantitative estimate of drug-likeness (QED) is 0.434. The minimum atomic E-state index is -2.08. The van der Waals surface area contributed by atoms with Gasteiger partial charge in [-0.15, -0.1) is 0 Å². The molecule has 0 spiro atoms. The summed E-state index contributed by atoms with van der Waals surface area (Å²) in [6.07, 6.45) is 0. The number of anilines is 2. The van der Waals surface area contributed by atoms with E-state index in [2.05, 4.69) is 11.4 Å². The van der Waals surface area contributed by atoms with E-state index in [0.29, 0.717) is 33.8 Å². The first-order chi connectivity index (χ1) is 17.1. The molecule has 36 heavy (non-hydrogen) atoms. The lowest BCUT2D eigenvalue weighted by Crippen LogP contribution is -2.61. The normalized spacial score (nSPS) is 17.5. The molecule has 0 aliphatic carbocycles. The first-order valence-electron chi connectivity index (χ1n) is 11.6. The van der Waals surface area contributed by atoms with Crippen molar-refractivity contribution in [3.8, 4) is 6.07 Å². The summed E-state index contributed by atoms with van der Waals surface area (Å²) in [5, 5.41) is 12.5. The van der Waals surface area contributed by atoms with Crippen molar-refractivity contribution in [1.29, 1.82) is 5.26 Å². The molecule has 1 atom stereocenters. The highest BCUT2D eigenvalue weighted by atomic mass is 16.6. The molecule has 1 aliphatic rings. The molecule has 0 saturated heterocycles. The predicted octanol–water partition coefficient (Wildman–Crippen LogP) is 4.64. The third-order valence-corrected chi connectivity index (χ3v) is 5.96. The number of esters is 1. The number of hydrogen-bond acceptors (Lipinski definition) is 6. The first kappa shape index (κ1) is 24.8. The first-order valence-corrected chi connectivity index (χ1v) is 11.6. The lowest BCUT2D eigenvalue weighted by atomic mass is 9.99. The average molecular weight is 481 g/mol. The summed E-state index contributed by atoms with van der Waals surface area (Å²) < 4.78 is 5.73. The Kier molecular flexibility index (Phi) is 6.49. The van der Waals surface area contributed by atoms with Crippen molar-refractivity contribution < 1.29 is 14.3 Å². The van der Waals surface area contributed by atoms with Gasteiger partial charge in [0.25, 0.3) is 11.6 Å². The Hall–Kier alpha value is -4.28. The van der Waals surface area contributed by atoms with Gasteiger partial charge in [0.15, 0.2) is 0 Å². The third kappa shape index (κ3) is 4.28. The molecule has 4 rings (SSSR count). The van der Waals surface area contributed by atoms with Crippen LogP contribution in [0.5, 0.6) is 0 Å². The zero-order valence-corrected chi connectivity index (χ0v) is 21.0. The third-order valence-electron chi connectivity index (χ3n) is 5.96. The Morgan fingerprint density at radius 2 is 1.64 bits per heavy atom. The van der Waals surface area contributed by atoms with Gasteiger partial charge in [0, 0.05) is 11.1 Å². The molecule has 1 heterocycles. The molecule has 1 unspecified atom stereocenters. The number of amides is 1. The number of benzodiazepines with no additional fused rings is 1. The van der Waals surface area contributed by atoms with E-state index in [1.165, 1.54) is 11.9 Å². The molecule has 3 aromatic rings. The van der Waals surface area contributed by atoms with Gasteiger partial charge in [-0.05, 0) is 58.5 Å². The second kappa shape index (κ2) is 9.40. The zero-order valence-electron chi connectivity index (χ0n) is 21.0. The molecule has 0 bridgehead atoms. The molecular weight excluding hydrogens is 452 g/mol. The minimum absolute atomic E-state index is 0.429. The Balaban J connectivity index is 2.09. The summed E-state index contributed by atoms with van der Waals surface area (Å²) in [5.41, 5.74) is 1.01. The van der Waals surface area contributed by atoms with E-state index in [4.69, 9.17) is 9.73 Å². The number of nitrogens with zero attached hydrogens (tertiary/aromatic N) is 3. The summed E-state index contributed by atoms with van der Waals surface area (Å²) in [7, 11) is 1.51. The molecule has 0 aromatic heterocycles. The molecule has 3 aromatic carbocycles. The molecule has 7 heteroatoms. The summed E-state index contributed by atoms with van der Waals surface area (Å²) >= 11 is 0. The van der Waals surface area contributed by atoms with Crippen LogP contribution in [0.3, 0.4) is 0 Å². The topological polar surface area (TPSA) is 94.8 Å². The molecule has 0 radical (unpaired) electrons. The summed E-state index contributed by atoms with van der Waals surface area (Å²) in [6.45, 7) is 7.00. The Morgan fingerprint density at radius 3 is 2.28 bits per heavy atom. The van der Waals surface area contributed by atoms with Gasteiger partial charge < -0.3 is 4.74 Å². The van der Waals surface area contributed by atoms with Gasteiger partial charge in [0.2, 0.25) is 0 Å². The summed E-state index contributed by atoms with van der Waals surface area (Å²) in [4.78, 5) is 34.5. The smallest absolute Gasteiger partial charge is 0.359 e. The molecule has 1 amide bonds. The van der Waals surface area contributed by atoms with Crippen LogP contribution in [-0.2, 0) is 14.3 Å². The van der Waals surface area contributed by atoms with Crippen molar-refractivity contribution in [2.24, 2.45) is 4.99 Å². The molecule has 1 aliphatic heterocycles. The van der Waals surface area contributed by atoms with Crippen LogP contribution < -0.4 is 10.2 Å². The lowest BCUT2D eigenvalue weighted by molar-refractivity contribution is -0.165. The maximum absolute atomic E-state index is 14.5. The van der Waals surface area contributed by atoms with E-state index in [1.54, 1.807) is 45.9 Å². The van der Waals surface area contributed by atoms with Crippen LogP contribution in [0, 0.1) is 18.3 Å². The number of nitriles is 1. The van der Waals surface area contributed by atoms with Crippen molar-refractivity contribution >= 4 is 29.0 Å². The van der Waals surface area contributed by atoms with Crippen LogP contribution >= 0.6 is 0 Å². The van der Waals surface area contributed by atoms with Crippen LogP contribution in [-0.4, -0.2) is 35.9 Å².